The second-order valence-corrected chi connectivity index (χ2v) is 8.10. The van der Waals surface area contributed by atoms with Gasteiger partial charge in [0.15, 0.2) is 0 Å². The molecule has 0 aromatic carbocycles. The van der Waals surface area contributed by atoms with E-state index in [-0.39, 0.29) is 6.10 Å². The van der Waals surface area contributed by atoms with Crippen LogP contribution < -0.4 is 0 Å². The fourth-order valence-corrected chi connectivity index (χ4v) is 4.76. The first-order chi connectivity index (χ1) is 9.36. The molecule has 1 nitrogen and oxygen atoms in total. The molecule has 0 aliphatic heterocycles. The van der Waals surface area contributed by atoms with Gasteiger partial charge in [-0.05, 0) is 60.7 Å². The lowest BCUT2D eigenvalue weighted by Gasteiger charge is -2.44. The molecule has 116 valence electrons. The molecule has 0 amide bonds. The molecular formula is C19H34O. The van der Waals surface area contributed by atoms with Crippen LogP contribution in [0.4, 0.5) is 0 Å². The van der Waals surface area contributed by atoms with Crippen molar-refractivity contribution in [2.75, 3.05) is 0 Å². The minimum absolute atomic E-state index is 0.0375. The predicted molar refractivity (Wildman–Crippen MR) is 86.5 cm³/mol. The molecule has 2 fully saturated rings. The van der Waals surface area contributed by atoms with E-state index in [1.165, 1.54) is 25.7 Å². The van der Waals surface area contributed by atoms with Crippen LogP contribution in [-0.4, -0.2) is 11.2 Å². The molecule has 20 heavy (non-hydrogen) atoms. The molecule has 0 spiro atoms. The van der Waals surface area contributed by atoms with Crippen molar-refractivity contribution in [2.24, 2.45) is 35.0 Å². The summed E-state index contributed by atoms with van der Waals surface area (Å²) in [5.41, 5.74) is 0.377. The van der Waals surface area contributed by atoms with E-state index in [1.54, 1.807) is 0 Å². The van der Waals surface area contributed by atoms with Crippen LogP contribution in [0.25, 0.3) is 0 Å². The normalized spacial score (nSPS) is 41.0. The third-order valence-electron chi connectivity index (χ3n) is 6.57. The van der Waals surface area contributed by atoms with Crippen molar-refractivity contribution in [1.82, 2.24) is 0 Å². The van der Waals surface area contributed by atoms with Crippen molar-refractivity contribution in [3.05, 3.63) is 12.2 Å². The summed E-state index contributed by atoms with van der Waals surface area (Å²) in [6.07, 6.45) is 10.9. The van der Waals surface area contributed by atoms with Gasteiger partial charge in [-0.3, -0.25) is 0 Å². The number of hydrogen-bond acceptors (Lipinski definition) is 1. The van der Waals surface area contributed by atoms with Gasteiger partial charge in [0.25, 0.3) is 0 Å². The number of aliphatic hydroxyl groups is 1. The fraction of sp³-hybridized carbons (Fsp3) is 0.895. The van der Waals surface area contributed by atoms with Crippen LogP contribution >= 0.6 is 0 Å². The van der Waals surface area contributed by atoms with E-state index in [0.29, 0.717) is 23.2 Å². The van der Waals surface area contributed by atoms with Crippen molar-refractivity contribution in [2.45, 2.75) is 72.8 Å². The molecular weight excluding hydrogens is 244 g/mol. The first kappa shape index (κ1) is 16.1. The molecule has 0 aromatic rings. The lowest BCUT2D eigenvalue weighted by Crippen LogP contribution is -2.41. The zero-order valence-corrected chi connectivity index (χ0v) is 14.1. The average molecular weight is 278 g/mol. The summed E-state index contributed by atoms with van der Waals surface area (Å²) in [7, 11) is 0. The number of rotatable bonds is 4. The molecule has 0 heterocycles. The first-order valence-electron chi connectivity index (χ1n) is 8.72. The number of fused-ring (bicyclic) bond motifs is 1. The molecule has 2 aliphatic rings. The second kappa shape index (κ2) is 6.22. The van der Waals surface area contributed by atoms with Crippen LogP contribution in [-0.2, 0) is 0 Å². The van der Waals surface area contributed by atoms with Gasteiger partial charge in [0, 0.05) is 0 Å². The van der Waals surface area contributed by atoms with Gasteiger partial charge in [-0.1, -0.05) is 53.2 Å². The summed E-state index contributed by atoms with van der Waals surface area (Å²) in [6, 6.07) is 0. The molecule has 0 aromatic heterocycles. The second-order valence-electron chi connectivity index (χ2n) is 8.10. The Morgan fingerprint density at radius 2 is 1.75 bits per heavy atom. The summed E-state index contributed by atoms with van der Waals surface area (Å²) in [5, 5.41) is 10.3. The minimum atomic E-state index is -0.0375. The molecule has 2 rings (SSSR count). The molecule has 2 saturated carbocycles. The highest BCUT2D eigenvalue weighted by atomic mass is 16.3. The molecule has 1 heteroatoms. The summed E-state index contributed by atoms with van der Waals surface area (Å²) >= 11 is 0. The Bertz CT molecular complexity index is 346. The van der Waals surface area contributed by atoms with Gasteiger partial charge >= 0.3 is 0 Å². The van der Waals surface area contributed by atoms with E-state index < -0.39 is 0 Å². The monoisotopic (exact) mass is 278 g/mol. The van der Waals surface area contributed by atoms with E-state index in [9.17, 15) is 5.11 Å². The Morgan fingerprint density at radius 3 is 2.40 bits per heavy atom. The van der Waals surface area contributed by atoms with Crippen molar-refractivity contribution < 1.29 is 5.11 Å². The number of allylic oxidation sites excluding steroid dienone is 2. The molecule has 2 aliphatic carbocycles. The van der Waals surface area contributed by atoms with Gasteiger partial charge in [-0.25, -0.2) is 0 Å². The first-order valence-corrected chi connectivity index (χ1v) is 8.72. The van der Waals surface area contributed by atoms with Gasteiger partial charge in [-0.2, -0.15) is 0 Å². The molecule has 0 saturated heterocycles. The Kier molecular flexibility index (Phi) is 5.00. The van der Waals surface area contributed by atoms with E-state index in [0.717, 1.165) is 18.3 Å². The molecule has 0 radical (unpaired) electrons. The van der Waals surface area contributed by atoms with E-state index in [4.69, 9.17) is 0 Å². The maximum Gasteiger partial charge on any atom is 0.0573 e. The molecule has 1 N–H and O–H groups in total. The van der Waals surface area contributed by atoms with Crippen LogP contribution in [0, 0.1) is 35.0 Å². The van der Waals surface area contributed by atoms with Crippen LogP contribution in [0.5, 0.6) is 0 Å². The SMILES string of the molecule is CC(C)[C@@H](C)/C=C/[C@@H](C)[C@H]1CC[C@H]2[C@@H](O)CCC[C@]12C. The Hall–Kier alpha value is -0.300. The number of aliphatic hydroxyl groups excluding tert-OH is 1. The van der Waals surface area contributed by atoms with Crippen LogP contribution in [0.1, 0.15) is 66.7 Å². The van der Waals surface area contributed by atoms with Crippen LogP contribution in [0.2, 0.25) is 0 Å². The van der Waals surface area contributed by atoms with Gasteiger partial charge in [0.05, 0.1) is 6.10 Å². The summed E-state index contributed by atoms with van der Waals surface area (Å²) in [6.45, 7) is 11.8. The smallest absolute Gasteiger partial charge is 0.0573 e. The van der Waals surface area contributed by atoms with Crippen LogP contribution in [0.3, 0.4) is 0 Å². The maximum absolute atomic E-state index is 10.3. The topological polar surface area (TPSA) is 20.2 Å². The summed E-state index contributed by atoms with van der Waals surface area (Å²) in [5.74, 6) is 3.36. The lowest BCUT2D eigenvalue weighted by atomic mass is 9.62. The standard InChI is InChI=1S/C19H34O/c1-13(2)14(3)8-9-15(4)16-10-11-17-18(20)7-6-12-19(16,17)5/h8-9,13-18,20H,6-7,10-12H2,1-5H3/b9-8+/t14-,15+,16+,17-,18-,19+/m0/s1. The van der Waals surface area contributed by atoms with Gasteiger partial charge in [0.2, 0.25) is 0 Å². The third-order valence-corrected chi connectivity index (χ3v) is 6.57. The lowest BCUT2D eigenvalue weighted by molar-refractivity contribution is -0.0231. The average Bonchev–Trinajstić information content (AvgIpc) is 2.74. The third kappa shape index (κ3) is 2.98. The van der Waals surface area contributed by atoms with Gasteiger partial charge in [-0.15, -0.1) is 0 Å². The van der Waals surface area contributed by atoms with E-state index in [2.05, 4.69) is 46.8 Å². The van der Waals surface area contributed by atoms with E-state index >= 15 is 0 Å². The maximum atomic E-state index is 10.3. The zero-order valence-electron chi connectivity index (χ0n) is 14.1. The highest BCUT2D eigenvalue weighted by molar-refractivity contribution is 5.05. The molecule has 0 bridgehead atoms. The van der Waals surface area contributed by atoms with Crippen molar-refractivity contribution >= 4 is 0 Å². The van der Waals surface area contributed by atoms with Crippen molar-refractivity contribution in [1.29, 1.82) is 0 Å². The summed E-state index contributed by atoms with van der Waals surface area (Å²) in [4.78, 5) is 0. The fourth-order valence-electron chi connectivity index (χ4n) is 4.76. The Labute approximate surface area is 125 Å². The van der Waals surface area contributed by atoms with Crippen molar-refractivity contribution in [3.8, 4) is 0 Å². The zero-order chi connectivity index (χ0) is 14.9. The Balaban J connectivity index is 2.05. The molecule has 6 atom stereocenters. The van der Waals surface area contributed by atoms with Crippen molar-refractivity contribution in [3.63, 3.8) is 0 Å². The van der Waals surface area contributed by atoms with Crippen LogP contribution in [0.15, 0.2) is 12.2 Å². The Morgan fingerprint density at radius 1 is 1.05 bits per heavy atom. The molecule has 0 unspecified atom stereocenters. The largest absolute Gasteiger partial charge is 0.393 e. The highest BCUT2D eigenvalue weighted by Gasteiger charge is 2.51. The van der Waals surface area contributed by atoms with E-state index in [1.807, 2.05) is 0 Å². The predicted octanol–water partition coefficient (Wildman–Crippen LogP) is 5.05. The van der Waals surface area contributed by atoms with Gasteiger partial charge in [0.1, 0.15) is 0 Å². The quantitative estimate of drug-likeness (QED) is 0.714. The van der Waals surface area contributed by atoms with Gasteiger partial charge < -0.3 is 5.11 Å². The minimum Gasteiger partial charge on any atom is -0.393 e. The highest BCUT2D eigenvalue weighted by Crippen LogP contribution is 2.57. The summed E-state index contributed by atoms with van der Waals surface area (Å²) < 4.78 is 0. The number of hydrogen-bond donors (Lipinski definition) is 1.